The summed E-state index contributed by atoms with van der Waals surface area (Å²) in [6, 6.07) is 7.60. The Morgan fingerprint density at radius 3 is 3.00 bits per heavy atom. The molecule has 1 aromatic heterocycles. The van der Waals surface area contributed by atoms with Gasteiger partial charge < -0.3 is 4.72 Å². The van der Waals surface area contributed by atoms with Gasteiger partial charge in [-0.1, -0.05) is 23.7 Å². The van der Waals surface area contributed by atoms with Crippen molar-refractivity contribution in [1.29, 1.82) is 0 Å². The maximum atomic E-state index is 6.06. The summed E-state index contributed by atoms with van der Waals surface area (Å²) >= 11 is 7.59. The molecule has 0 atom stereocenters. The van der Waals surface area contributed by atoms with Crippen LogP contribution in [0.25, 0.3) is 16.8 Å². The largest absolute Gasteiger partial charge is 0.316 e. The fourth-order valence-electron chi connectivity index (χ4n) is 2.25. The van der Waals surface area contributed by atoms with Gasteiger partial charge in [-0.25, -0.2) is 0 Å². The average molecular weight is 316 g/mol. The summed E-state index contributed by atoms with van der Waals surface area (Å²) in [5.74, 6) is 0. The third kappa shape index (κ3) is 2.22. The molecule has 0 bridgehead atoms. The maximum Gasteiger partial charge on any atom is 0.120 e. The normalized spacial score (nSPS) is 16.3. The first-order valence-corrected chi connectivity index (χ1v) is 7.45. The van der Waals surface area contributed by atoms with Crippen LogP contribution in [0.2, 0.25) is 5.02 Å². The monoisotopic (exact) mass is 315 g/mol. The number of benzene rings is 1. The molecule has 0 amide bonds. The van der Waals surface area contributed by atoms with Gasteiger partial charge in [0.05, 0.1) is 17.8 Å². The first kappa shape index (κ1) is 12.6. The minimum absolute atomic E-state index is 0.680. The van der Waals surface area contributed by atoms with E-state index in [0.29, 0.717) is 5.02 Å². The molecule has 0 saturated heterocycles. The molecule has 0 saturated carbocycles. The summed E-state index contributed by atoms with van der Waals surface area (Å²) in [7, 11) is 0. The van der Waals surface area contributed by atoms with Gasteiger partial charge in [-0.15, -0.1) is 0 Å². The lowest BCUT2D eigenvalue weighted by molar-refractivity contribution is 0.808. The van der Waals surface area contributed by atoms with Crippen LogP contribution in [-0.2, 0) is 0 Å². The number of H-pyrrole nitrogens is 1. The molecular formula is C14H10ClN5S. The highest BCUT2D eigenvalue weighted by atomic mass is 35.5. The lowest BCUT2D eigenvalue weighted by Crippen LogP contribution is -2.06. The predicted octanol–water partition coefficient (Wildman–Crippen LogP) is 3.35. The van der Waals surface area contributed by atoms with Crippen molar-refractivity contribution in [2.24, 2.45) is 0 Å². The van der Waals surface area contributed by atoms with Crippen molar-refractivity contribution in [1.82, 2.24) is 24.4 Å². The van der Waals surface area contributed by atoms with E-state index in [1.807, 2.05) is 47.0 Å². The Bertz CT molecular complexity index is 792. The van der Waals surface area contributed by atoms with Crippen molar-refractivity contribution in [3.63, 3.8) is 0 Å². The summed E-state index contributed by atoms with van der Waals surface area (Å²) in [4.78, 5) is 0. The van der Waals surface area contributed by atoms with E-state index in [1.165, 1.54) is 12.1 Å². The number of nitrogens with zero attached hydrogens (tertiary/aromatic N) is 3. The number of allylic oxidation sites excluding steroid dienone is 3. The highest BCUT2D eigenvalue weighted by Gasteiger charge is 2.20. The predicted molar refractivity (Wildman–Crippen MR) is 84.6 cm³/mol. The Morgan fingerprint density at radius 1 is 1.19 bits per heavy atom. The van der Waals surface area contributed by atoms with Gasteiger partial charge in [-0.2, -0.15) is 15.4 Å². The van der Waals surface area contributed by atoms with Gasteiger partial charge in [0.2, 0.25) is 0 Å². The maximum absolute atomic E-state index is 6.06. The van der Waals surface area contributed by atoms with E-state index in [-0.39, 0.29) is 0 Å². The number of halogens is 1. The van der Waals surface area contributed by atoms with Crippen molar-refractivity contribution < 1.29 is 0 Å². The van der Waals surface area contributed by atoms with Crippen LogP contribution in [-0.4, -0.2) is 19.7 Å². The second-order valence-electron chi connectivity index (χ2n) is 4.55. The van der Waals surface area contributed by atoms with Gasteiger partial charge in [-0.05, 0) is 24.3 Å². The van der Waals surface area contributed by atoms with Crippen molar-refractivity contribution in [3.8, 4) is 11.3 Å². The first-order valence-electron chi connectivity index (χ1n) is 6.30. The molecule has 21 heavy (non-hydrogen) atoms. The smallest absolute Gasteiger partial charge is 0.120 e. The molecule has 0 spiro atoms. The topological polar surface area (TPSA) is 56.8 Å². The SMILES string of the molecule is Clc1cccc(-c2n[nH]nc2C2=CC3=CNSN3C=C2)c1. The minimum Gasteiger partial charge on any atom is -0.316 e. The van der Waals surface area contributed by atoms with E-state index >= 15 is 0 Å². The number of hydrogen-bond donors (Lipinski definition) is 2. The molecule has 3 heterocycles. The second-order valence-corrected chi connectivity index (χ2v) is 5.80. The van der Waals surface area contributed by atoms with Gasteiger partial charge in [0.25, 0.3) is 0 Å². The van der Waals surface area contributed by atoms with Crippen molar-refractivity contribution in [3.05, 3.63) is 65.2 Å². The number of aromatic amines is 1. The molecule has 0 aliphatic carbocycles. The Morgan fingerprint density at radius 2 is 2.10 bits per heavy atom. The summed E-state index contributed by atoms with van der Waals surface area (Å²) in [5, 5.41) is 11.9. The third-order valence-electron chi connectivity index (χ3n) is 3.22. The third-order valence-corrected chi connectivity index (χ3v) is 4.21. The molecule has 0 unspecified atom stereocenters. The van der Waals surface area contributed by atoms with Crippen LogP contribution in [0.1, 0.15) is 5.69 Å². The lowest BCUT2D eigenvalue weighted by Gasteiger charge is -2.16. The Balaban J connectivity index is 1.78. The van der Waals surface area contributed by atoms with Crippen LogP contribution in [0.4, 0.5) is 0 Å². The highest BCUT2D eigenvalue weighted by molar-refractivity contribution is 7.95. The molecule has 7 heteroatoms. The molecular weight excluding hydrogens is 306 g/mol. The van der Waals surface area contributed by atoms with E-state index in [1.54, 1.807) is 0 Å². The average Bonchev–Trinajstić information content (AvgIpc) is 3.15. The number of hydrogen-bond acceptors (Lipinski definition) is 5. The minimum atomic E-state index is 0.680. The van der Waals surface area contributed by atoms with E-state index in [4.69, 9.17) is 11.6 Å². The molecule has 2 N–H and O–H groups in total. The molecule has 0 fully saturated rings. The molecule has 2 aliphatic rings. The van der Waals surface area contributed by atoms with Crippen molar-refractivity contribution >= 4 is 29.3 Å². The van der Waals surface area contributed by atoms with Gasteiger partial charge in [0, 0.05) is 28.6 Å². The van der Waals surface area contributed by atoms with Crippen molar-refractivity contribution in [2.45, 2.75) is 0 Å². The van der Waals surface area contributed by atoms with E-state index in [2.05, 4.69) is 26.2 Å². The summed E-state index contributed by atoms with van der Waals surface area (Å²) in [5.41, 5.74) is 4.63. The lowest BCUT2D eigenvalue weighted by atomic mass is 10.0. The Hall–Kier alpha value is -2.18. The summed E-state index contributed by atoms with van der Waals surface area (Å²) in [6.07, 6.45) is 8.04. The first-order chi connectivity index (χ1) is 10.3. The van der Waals surface area contributed by atoms with Gasteiger partial charge >= 0.3 is 0 Å². The molecule has 4 rings (SSSR count). The Kier molecular flexibility index (Phi) is 2.98. The Labute approximate surface area is 130 Å². The number of nitrogens with one attached hydrogen (secondary N) is 2. The summed E-state index contributed by atoms with van der Waals surface area (Å²) in [6.45, 7) is 0. The molecule has 0 radical (unpaired) electrons. The zero-order valence-electron chi connectivity index (χ0n) is 10.7. The number of aromatic nitrogens is 3. The van der Waals surface area contributed by atoms with E-state index in [9.17, 15) is 0 Å². The van der Waals surface area contributed by atoms with Crippen LogP contribution in [0, 0.1) is 0 Å². The number of fused-ring (bicyclic) bond motifs is 1. The summed E-state index contributed by atoms with van der Waals surface area (Å²) < 4.78 is 5.15. The van der Waals surface area contributed by atoms with Gasteiger partial charge in [-0.3, -0.25) is 4.31 Å². The van der Waals surface area contributed by atoms with Crippen LogP contribution in [0.3, 0.4) is 0 Å². The fraction of sp³-hybridized carbons (Fsp3) is 0. The molecule has 2 aliphatic heterocycles. The quantitative estimate of drug-likeness (QED) is 0.832. The van der Waals surface area contributed by atoms with Gasteiger partial charge in [0.1, 0.15) is 11.4 Å². The molecule has 104 valence electrons. The van der Waals surface area contributed by atoms with Crippen LogP contribution in [0.15, 0.2) is 54.5 Å². The fourth-order valence-corrected chi connectivity index (χ4v) is 3.06. The molecule has 1 aromatic carbocycles. The second kappa shape index (κ2) is 4.98. The van der Waals surface area contributed by atoms with Crippen molar-refractivity contribution in [2.75, 3.05) is 0 Å². The molecule has 2 aromatic rings. The number of rotatable bonds is 2. The zero-order chi connectivity index (χ0) is 14.2. The standard InChI is InChI=1S/C14H10ClN5S/c15-11-3-1-2-9(6-11)13-14(18-19-17-13)10-4-5-20-12(7-10)8-16-21-20/h1-8,16H,(H,17,18,19). The highest BCUT2D eigenvalue weighted by Crippen LogP contribution is 2.34. The van der Waals surface area contributed by atoms with E-state index < -0.39 is 0 Å². The van der Waals surface area contributed by atoms with E-state index in [0.717, 1.165) is 28.2 Å². The van der Waals surface area contributed by atoms with Crippen LogP contribution < -0.4 is 4.72 Å². The van der Waals surface area contributed by atoms with Crippen LogP contribution in [0.5, 0.6) is 0 Å². The van der Waals surface area contributed by atoms with Gasteiger partial charge in [0.15, 0.2) is 0 Å². The van der Waals surface area contributed by atoms with Crippen LogP contribution >= 0.6 is 23.7 Å². The zero-order valence-corrected chi connectivity index (χ0v) is 12.3. The molecule has 5 nitrogen and oxygen atoms in total.